The number of aromatic amines is 1. The molecule has 0 fully saturated rings. The third kappa shape index (κ3) is 7.15. The summed E-state index contributed by atoms with van der Waals surface area (Å²) in [5.41, 5.74) is 4.78. The molecule has 1 aliphatic carbocycles. The van der Waals surface area contributed by atoms with E-state index >= 15 is 0 Å². The first kappa shape index (κ1) is 33.6. The second-order valence-corrected chi connectivity index (χ2v) is 12.1. The number of imidazole rings is 1. The molecule has 0 spiro atoms. The summed E-state index contributed by atoms with van der Waals surface area (Å²) in [6.07, 6.45) is 3.52. The number of ether oxygens (including phenoxy) is 3. The van der Waals surface area contributed by atoms with Crippen LogP contribution in [0.5, 0.6) is 17.2 Å². The minimum atomic E-state index is -0.736. The second kappa shape index (κ2) is 14.8. The molecular weight excluding hydrogens is 622 g/mol. The molecule has 248 valence electrons. The number of nitrogens with zero attached hydrogens (tertiary/aromatic N) is 1. The van der Waals surface area contributed by atoms with Crippen LogP contribution in [0, 0.1) is 0 Å². The quantitative estimate of drug-likeness (QED) is 0.147. The van der Waals surface area contributed by atoms with Crippen molar-refractivity contribution in [2.45, 2.75) is 44.9 Å². The fourth-order valence-electron chi connectivity index (χ4n) is 5.96. The number of rotatable bonds is 12. The number of hydrogen-bond donors (Lipinski definition) is 5. The van der Waals surface area contributed by atoms with Crippen LogP contribution in [0.3, 0.4) is 0 Å². The van der Waals surface area contributed by atoms with Crippen LogP contribution in [0.25, 0.3) is 22.2 Å². The van der Waals surface area contributed by atoms with Crippen molar-refractivity contribution in [3.8, 4) is 28.4 Å². The number of methoxy groups -OCH3 is 3. The monoisotopic (exact) mass is 661 g/mol. The molecular formula is C34H39N5O7S. The average Bonchev–Trinajstić information content (AvgIpc) is 3.34. The summed E-state index contributed by atoms with van der Waals surface area (Å²) in [4.78, 5) is 47.1. The van der Waals surface area contributed by atoms with Crippen molar-refractivity contribution < 1.29 is 28.9 Å². The maximum Gasteiger partial charge on any atom is 0.246 e. The summed E-state index contributed by atoms with van der Waals surface area (Å²) in [7, 11) is 4.64. The number of anilines is 2. The topological polar surface area (TPSA) is 164 Å². The SMILES string of the molecule is COc1cc2c(c(OC)c1OC)-c1ccc(N[C@@H](CCSC)C(=O)Nc3ccc4nc(CO)[nH]c4c3)c(=O)cc1[C@H](NC(C)=O)CC2. The van der Waals surface area contributed by atoms with Crippen molar-refractivity contribution in [3.05, 3.63) is 69.6 Å². The van der Waals surface area contributed by atoms with E-state index in [-0.39, 0.29) is 29.5 Å². The number of carbonyl (C=O) groups is 2. The molecule has 2 atom stereocenters. The molecule has 3 aromatic carbocycles. The van der Waals surface area contributed by atoms with Gasteiger partial charge in [-0.15, -0.1) is 0 Å². The first-order valence-electron chi connectivity index (χ1n) is 15.1. The molecule has 0 unspecified atom stereocenters. The van der Waals surface area contributed by atoms with Gasteiger partial charge in [0.1, 0.15) is 18.5 Å². The Labute approximate surface area is 276 Å². The number of nitrogens with one attached hydrogen (secondary N) is 4. The normalized spacial score (nSPS) is 14.3. The van der Waals surface area contributed by atoms with E-state index in [1.807, 2.05) is 18.4 Å². The summed E-state index contributed by atoms with van der Waals surface area (Å²) in [5.74, 6) is 1.95. The van der Waals surface area contributed by atoms with Crippen molar-refractivity contribution >= 4 is 46.0 Å². The number of fused-ring (bicyclic) bond motifs is 4. The Morgan fingerprint density at radius 3 is 2.55 bits per heavy atom. The predicted molar refractivity (Wildman–Crippen MR) is 184 cm³/mol. The Morgan fingerprint density at radius 2 is 1.87 bits per heavy atom. The number of carbonyl (C=O) groups excluding carboxylic acids is 2. The van der Waals surface area contributed by atoms with Crippen LogP contribution in [-0.2, 0) is 22.6 Å². The molecule has 0 bridgehead atoms. The summed E-state index contributed by atoms with van der Waals surface area (Å²) in [5, 5.41) is 18.6. The Balaban J connectivity index is 1.56. The van der Waals surface area contributed by atoms with Gasteiger partial charge in [0, 0.05) is 18.2 Å². The van der Waals surface area contributed by atoms with Crippen LogP contribution in [0.2, 0.25) is 0 Å². The highest BCUT2D eigenvalue weighted by atomic mass is 32.2. The third-order valence-electron chi connectivity index (χ3n) is 8.12. The smallest absolute Gasteiger partial charge is 0.246 e. The largest absolute Gasteiger partial charge is 0.493 e. The zero-order chi connectivity index (χ0) is 33.7. The van der Waals surface area contributed by atoms with E-state index in [0.29, 0.717) is 75.9 Å². The predicted octanol–water partition coefficient (Wildman–Crippen LogP) is 4.40. The van der Waals surface area contributed by atoms with Crippen LogP contribution in [-0.4, -0.2) is 66.3 Å². The van der Waals surface area contributed by atoms with Crippen LogP contribution in [0.1, 0.15) is 42.8 Å². The number of benzene rings is 2. The van der Waals surface area contributed by atoms with Gasteiger partial charge in [0.25, 0.3) is 0 Å². The van der Waals surface area contributed by atoms with E-state index in [9.17, 15) is 19.5 Å². The maximum atomic E-state index is 13.9. The summed E-state index contributed by atoms with van der Waals surface area (Å²) in [6, 6.07) is 11.0. The Kier molecular flexibility index (Phi) is 10.6. The van der Waals surface area contributed by atoms with E-state index in [0.717, 1.165) is 11.1 Å². The van der Waals surface area contributed by atoms with Gasteiger partial charge in [-0.3, -0.25) is 14.4 Å². The molecule has 1 heterocycles. The lowest BCUT2D eigenvalue weighted by atomic mass is 9.95. The standard InChI is InChI=1S/C34H39N5O7S/c1-18(41)35-23-9-6-19-14-29(44-2)32(45-3)33(46-4)31(19)21-8-11-25(28(42)16-22(21)23)37-26(12-13-47-5)34(43)36-20-7-10-24-27(15-20)39-30(17-40)38-24/h7-8,10-11,14-16,23,26,40H,6,9,12-13,17H2,1-5H3,(H,35,41)(H,36,43)(H,37,42)(H,38,39)/t23-,26+/m1/s1. The van der Waals surface area contributed by atoms with Gasteiger partial charge in [-0.2, -0.15) is 11.8 Å². The second-order valence-electron chi connectivity index (χ2n) is 11.1. The number of amides is 2. The maximum absolute atomic E-state index is 13.9. The average molecular weight is 662 g/mol. The third-order valence-corrected chi connectivity index (χ3v) is 8.77. The zero-order valence-corrected chi connectivity index (χ0v) is 27.8. The molecule has 0 saturated carbocycles. The van der Waals surface area contributed by atoms with Gasteiger partial charge < -0.3 is 40.3 Å². The highest BCUT2D eigenvalue weighted by molar-refractivity contribution is 7.98. The Bertz CT molecular complexity index is 1860. The van der Waals surface area contributed by atoms with Gasteiger partial charge in [0.05, 0.1) is 44.1 Å². The van der Waals surface area contributed by atoms with E-state index in [2.05, 4.69) is 25.9 Å². The van der Waals surface area contributed by atoms with Gasteiger partial charge >= 0.3 is 0 Å². The highest BCUT2D eigenvalue weighted by Crippen LogP contribution is 2.50. The summed E-state index contributed by atoms with van der Waals surface area (Å²) < 4.78 is 17.2. The number of aliphatic hydroxyl groups is 1. The van der Waals surface area contributed by atoms with Gasteiger partial charge in [0.2, 0.25) is 23.0 Å². The molecule has 12 nitrogen and oxygen atoms in total. The Morgan fingerprint density at radius 1 is 1.09 bits per heavy atom. The van der Waals surface area contributed by atoms with Crippen LogP contribution < -0.4 is 35.6 Å². The zero-order valence-electron chi connectivity index (χ0n) is 27.0. The Hall–Kier alpha value is -4.75. The fourth-order valence-corrected chi connectivity index (χ4v) is 6.44. The number of aromatic nitrogens is 2. The van der Waals surface area contributed by atoms with E-state index in [1.165, 1.54) is 20.1 Å². The molecule has 5 N–H and O–H groups in total. The van der Waals surface area contributed by atoms with Gasteiger partial charge in [-0.1, -0.05) is 6.07 Å². The van der Waals surface area contributed by atoms with Crippen molar-refractivity contribution in [1.29, 1.82) is 0 Å². The molecule has 0 saturated heterocycles. The molecule has 47 heavy (non-hydrogen) atoms. The summed E-state index contributed by atoms with van der Waals surface area (Å²) >= 11 is 1.59. The van der Waals surface area contributed by atoms with Gasteiger partial charge in [0.15, 0.2) is 11.5 Å². The highest BCUT2D eigenvalue weighted by Gasteiger charge is 2.30. The first-order chi connectivity index (χ1) is 22.7. The fraction of sp³-hybridized carbons (Fsp3) is 0.353. The van der Waals surface area contributed by atoms with Crippen molar-refractivity contribution in [1.82, 2.24) is 15.3 Å². The lowest BCUT2D eigenvalue weighted by Crippen LogP contribution is -2.36. The molecule has 13 heteroatoms. The van der Waals surface area contributed by atoms with Crippen molar-refractivity contribution in [3.63, 3.8) is 0 Å². The van der Waals surface area contributed by atoms with Gasteiger partial charge in [-0.25, -0.2) is 4.98 Å². The van der Waals surface area contributed by atoms with Crippen LogP contribution >= 0.6 is 11.8 Å². The number of aryl methyl sites for hydroxylation is 1. The van der Waals surface area contributed by atoms with E-state index in [4.69, 9.17) is 14.2 Å². The minimum absolute atomic E-state index is 0.221. The van der Waals surface area contributed by atoms with Crippen molar-refractivity contribution in [2.24, 2.45) is 0 Å². The van der Waals surface area contributed by atoms with Crippen LogP contribution in [0.15, 0.2) is 47.3 Å². The van der Waals surface area contributed by atoms with Gasteiger partial charge in [-0.05, 0) is 84.4 Å². The first-order valence-corrected chi connectivity index (χ1v) is 16.5. The molecule has 1 aromatic heterocycles. The minimum Gasteiger partial charge on any atom is -0.493 e. The van der Waals surface area contributed by atoms with Crippen LogP contribution in [0.4, 0.5) is 11.4 Å². The number of hydrogen-bond acceptors (Lipinski definition) is 10. The number of thioether (sulfide) groups is 1. The molecule has 5 rings (SSSR count). The van der Waals surface area contributed by atoms with Crippen molar-refractivity contribution in [2.75, 3.05) is 44.0 Å². The molecule has 2 amide bonds. The molecule has 0 aliphatic heterocycles. The molecule has 0 radical (unpaired) electrons. The van der Waals surface area contributed by atoms with E-state index in [1.54, 1.807) is 50.2 Å². The number of aliphatic hydroxyl groups excluding tert-OH is 1. The lowest BCUT2D eigenvalue weighted by Gasteiger charge is -2.19. The molecule has 1 aliphatic rings. The number of H-pyrrole nitrogens is 1. The molecule has 4 aromatic rings. The lowest BCUT2D eigenvalue weighted by molar-refractivity contribution is -0.120. The van der Waals surface area contributed by atoms with E-state index < -0.39 is 12.1 Å². The summed E-state index contributed by atoms with van der Waals surface area (Å²) in [6.45, 7) is 1.22.